The second kappa shape index (κ2) is 8.92. The molecule has 24 heavy (non-hydrogen) atoms. The van der Waals surface area contributed by atoms with Gasteiger partial charge >= 0.3 is 0 Å². The number of rotatable bonds is 7. The maximum Gasteiger partial charge on any atom is 0.223 e. The summed E-state index contributed by atoms with van der Waals surface area (Å²) < 4.78 is 5.29. The molecule has 1 N–H and O–H groups in total. The molecule has 0 radical (unpaired) electrons. The van der Waals surface area contributed by atoms with Crippen LogP contribution in [0.15, 0.2) is 18.2 Å². The number of hydrogen-bond donors (Lipinski definition) is 1. The number of ether oxygens (including phenoxy) is 1. The summed E-state index contributed by atoms with van der Waals surface area (Å²) in [5.74, 6) is 0.584. The number of nitrogens with zero attached hydrogens (tertiary/aromatic N) is 1. The summed E-state index contributed by atoms with van der Waals surface area (Å²) in [6.45, 7) is 0.396. The first-order valence-electron chi connectivity index (χ1n) is 8.35. The van der Waals surface area contributed by atoms with E-state index < -0.39 is 0 Å². The fourth-order valence-electron chi connectivity index (χ4n) is 3.00. The van der Waals surface area contributed by atoms with Crippen molar-refractivity contribution in [3.05, 3.63) is 28.8 Å². The third kappa shape index (κ3) is 5.41. The Hall–Kier alpha value is -1.75. The van der Waals surface area contributed by atoms with Crippen molar-refractivity contribution < 1.29 is 14.3 Å². The minimum atomic E-state index is -0.0707. The minimum Gasteiger partial charge on any atom is -0.496 e. The van der Waals surface area contributed by atoms with Gasteiger partial charge in [-0.2, -0.15) is 0 Å². The van der Waals surface area contributed by atoms with E-state index in [4.69, 9.17) is 16.3 Å². The highest BCUT2D eigenvalue weighted by molar-refractivity contribution is 6.30. The second-order valence-corrected chi connectivity index (χ2v) is 6.69. The van der Waals surface area contributed by atoms with Gasteiger partial charge in [0.2, 0.25) is 11.8 Å². The molecule has 2 rings (SSSR count). The molecule has 0 aromatic heterocycles. The van der Waals surface area contributed by atoms with E-state index >= 15 is 0 Å². The Morgan fingerprint density at radius 2 is 2.00 bits per heavy atom. The predicted octanol–water partition coefficient (Wildman–Crippen LogP) is 3.15. The van der Waals surface area contributed by atoms with Crippen LogP contribution in [0.5, 0.6) is 5.75 Å². The van der Waals surface area contributed by atoms with E-state index in [-0.39, 0.29) is 24.7 Å². The average Bonchev–Trinajstić information content (AvgIpc) is 3.05. The Bertz CT molecular complexity index is 586. The van der Waals surface area contributed by atoms with E-state index in [2.05, 4.69) is 5.32 Å². The van der Waals surface area contributed by atoms with Gasteiger partial charge in [-0.05, 0) is 31.0 Å². The maximum absolute atomic E-state index is 12.2. The van der Waals surface area contributed by atoms with Crippen LogP contribution in [0.25, 0.3) is 0 Å². The van der Waals surface area contributed by atoms with Crippen LogP contribution >= 0.6 is 11.6 Å². The molecule has 6 heteroatoms. The molecule has 0 spiro atoms. The first kappa shape index (κ1) is 18.6. The zero-order chi connectivity index (χ0) is 17.5. The van der Waals surface area contributed by atoms with Crippen molar-refractivity contribution in [1.82, 2.24) is 10.2 Å². The van der Waals surface area contributed by atoms with Crippen LogP contribution in [0.3, 0.4) is 0 Å². The van der Waals surface area contributed by atoms with Gasteiger partial charge < -0.3 is 15.0 Å². The molecule has 2 amide bonds. The molecular formula is C18H25ClN2O3. The summed E-state index contributed by atoms with van der Waals surface area (Å²) in [5.41, 5.74) is 0.844. The molecule has 0 heterocycles. The molecule has 1 aliphatic rings. The lowest BCUT2D eigenvalue weighted by Crippen LogP contribution is -2.34. The maximum atomic E-state index is 12.2. The standard InChI is InChI=1S/C18H25ClN2O3/c1-21(12-13-11-14(19)7-8-16(13)24-2)18(23)10-9-17(22)20-15-5-3-4-6-15/h7-8,11,15H,3-6,9-10,12H2,1-2H3,(H,20,22). The van der Waals surface area contributed by atoms with Gasteiger partial charge in [0, 0.05) is 43.1 Å². The lowest BCUT2D eigenvalue weighted by Gasteiger charge is -2.19. The molecule has 5 nitrogen and oxygen atoms in total. The summed E-state index contributed by atoms with van der Waals surface area (Å²) in [5, 5.41) is 3.60. The normalized spacial score (nSPS) is 14.5. The predicted molar refractivity (Wildman–Crippen MR) is 94.1 cm³/mol. The molecule has 1 aliphatic carbocycles. The van der Waals surface area contributed by atoms with E-state index in [1.807, 2.05) is 0 Å². The Morgan fingerprint density at radius 1 is 1.29 bits per heavy atom. The van der Waals surface area contributed by atoms with E-state index in [0.717, 1.165) is 18.4 Å². The van der Waals surface area contributed by atoms with E-state index in [0.29, 0.717) is 23.4 Å². The van der Waals surface area contributed by atoms with Gasteiger partial charge in [0.15, 0.2) is 0 Å². The molecule has 0 atom stereocenters. The molecule has 0 saturated heterocycles. The highest BCUT2D eigenvalue weighted by atomic mass is 35.5. The number of nitrogens with one attached hydrogen (secondary N) is 1. The van der Waals surface area contributed by atoms with Crippen LogP contribution in [-0.4, -0.2) is 36.9 Å². The van der Waals surface area contributed by atoms with Gasteiger partial charge in [-0.15, -0.1) is 0 Å². The highest BCUT2D eigenvalue weighted by Crippen LogP contribution is 2.24. The number of amides is 2. The van der Waals surface area contributed by atoms with Gasteiger partial charge in [-0.3, -0.25) is 9.59 Å². The Morgan fingerprint density at radius 3 is 2.67 bits per heavy atom. The van der Waals surface area contributed by atoms with E-state index in [1.54, 1.807) is 37.3 Å². The molecule has 1 aromatic carbocycles. The topological polar surface area (TPSA) is 58.6 Å². The summed E-state index contributed by atoms with van der Waals surface area (Å²) in [7, 11) is 3.31. The zero-order valence-corrected chi connectivity index (χ0v) is 15.1. The number of carbonyl (C=O) groups is 2. The number of methoxy groups -OCH3 is 1. The summed E-state index contributed by atoms with van der Waals surface area (Å²) >= 11 is 6.01. The summed E-state index contributed by atoms with van der Waals surface area (Å²) in [4.78, 5) is 25.8. The lowest BCUT2D eigenvalue weighted by atomic mass is 10.1. The molecule has 0 unspecified atom stereocenters. The fraction of sp³-hybridized carbons (Fsp3) is 0.556. The largest absolute Gasteiger partial charge is 0.496 e. The summed E-state index contributed by atoms with van der Waals surface area (Å²) in [6, 6.07) is 5.61. The smallest absolute Gasteiger partial charge is 0.223 e. The van der Waals surface area contributed by atoms with E-state index in [9.17, 15) is 9.59 Å². The number of halogens is 1. The van der Waals surface area contributed by atoms with Crippen molar-refractivity contribution in [2.75, 3.05) is 14.2 Å². The number of benzene rings is 1. The van der Waals surface area contributed by atoms with Gasteiger partial charge in [0.1, 0.15) is 5.75 Å². The average molecular weight is 353 g/mol. The fourth-order valence-corrected chi connectivity index (χ4v) is 3.19. The molecule has 1 aromatic rings. The second-order valence-electron chi connectivity index (χ2n) is 6.25. The Balaban J connectivity index is 1.81. The van der Waals surface area contributed by atoms with Crippen LogP contribution in [0.1, 0.15) is 44.1 Å². The van der Waals surface area contributed by atoms with Gasteiger partial charge in [-0.1, -0.05) is 24.4 Å². The SMILES string of the molecule is COc1ccc(Cl)cc1CN(C)C(=O)CCC(=O)NC1CCCC1. The van der Waals surface area contributed by atoms with Crippen molar-refractivity contribution in [2.24, 2.45) is 0 Å². The summed E-state index contributed by atoms with van der Waals surface area (Å²) in [6.07, 6.45) is 4.88. The number of carbonyl (C=O) groups excluding carboxylic acids is 2. The van der Waals surface area contributed by atoms with Gasteiger partial charge in [0.05, 0.1) is 7.11 Å². The minimum absolute atomic E-state index is 0.0380. The molecule has 1 fully saturated rings. The highest BCUT2D eigenvalue weighted by Gasteiger charge is 2.18. The van der Waals surface area contributed by atoms with Crippen molar-refractivity contribution in [2.45, 2.75) is 51.1 Å². The van der Waals surface area contributed by atoms with Gasteiger partial charge in [0.25, 0.3) is 0 Å². The lowest BCUT2D eigenvalue weighted by molar-refractivity contribution is -0.133. The zero-order valence-electron chi connectivity index (χ0n) is 14.3. The van der Waals surface area contributed by atoms with Crippen LogP contribution in [0.4, 0.5) is 0 Å². The molecule has 0 aliphatic heterocycles. The first-order valence-corrected chi connectivity index (χ1v) is 8.73. The number of hydrogen-bond acceptors (Lipinski definition) is 3. The van der Waals surface area contributed by atoms with Crippen molar-refractivity contribution in [3.63, 3.8) is 0 Å². The molecule has 132 valence electrons. The van der Waals surface area contributed by atoms with Crippen LogP contribution in [0.2, 0.25) is 5.02 Å². The molecule has 0 bridgehead atoms. The molecule has 1 saturated carbocycles. The Labute approximate surface area is 148 Å². The Kier molecular flexibility index (Phi) is 6.91. The van der Waals surface area contributed by atoms with Crippen molar-refractivity contribution in [3.8, 4) is 5.75 Å². The van der Waals surface area contributed by atoms with Crippen LogP contribution in [0, 0.1) is 0 Å². The monoisotopic (exact) mass is 352 g/mol. The third-order valence-electron chi connectivity index (χ3n) is 4.36. The molecular weight excluding hydrogens is 328 g/mol. The first-order chi connectivity index (χ1) is 11.5. The van der Waals surface area contributed by atoms with E-state index in [1.165, 1.54) is 12.8 Å². The van der Waals surface area contributed by atoms with Gasteiger partial charge in [-0.25, -0.2) is 0 Å². The third-order valence-corrected chi connectivity index (χ3v) is 4.60. The quantitative estimate of drug-likeness (QED) is 0.820. The van der Waals surface area contributed by atoms with Crippen molar-refractivity contribution in [1.29, 1.82) is 0 Å². The van der Waals surface area contributed by atoms with Crippen LogP contribution < -0.4 is 10.1 Å². The van der Waals surface area contributed by atoms with Crippen molar-refractivity contribution >= 4 is 23.4 Å². The van der Waals surface area contributed by atoms with Crippen LogP contribution in [-0.2, 0) is 16.1 Å².